The predicted octanol–water partition coefficient (Wildman–Crippen LogP) is 2.52. The van der Waals surface area contributed by atoms with Crippen LogP contribution in [0.2, 0.25) is 0 Å². The van der Waals surface area contributed by atoms with Crippen LogP contribution in [-0.2, 0) is 0 Å². The molecule has 18 heavy (non-hydrogen) atoms. The molecule has 2 rings (SSSR count). The van der Waals surface area contributed by atoms with Gasteiger partial charge in [-0.05, 0) is 37.9 Å². The molecule has 0 N–H and O–H groups in total. The fourth-order valence-electron chi connectivity index (χ4n) is 2.73. The lowest BCUT2D eigenvalue weighted by atomic mass is 9.99. The summed E-state index contributed by atoms with van der Waals surface area (Å²) in [6, 6.07) is 0. The smallest absolute Gasteiger partial charge is 0.0388 e. The van der Waals surface area contributed by atoms with Crippen molar-refractivity contribution < 1.29 is 0 Å². The molecular formula is C15H31N3. The summed E-state index contributed by atoms with van der Waals surface area (Å²) in [5, 5.41) is 0. The van der Waals surface area contributed by atoms with Gasteiger partial charge in [0.05, 0.1) is 0 Å². The zero-order valence-corrected chi connectivity index (χ0v) is 12.6. The van der Waals surface area contributed by atoms with Crippen molar-refractivity contribution in [2.75, 3.05) is 45.8 Å². The summed E-state index contributed by atoms with van der Waals surface area (Å²) in [4.78, 5) is 9.55. The van der Waals surface area contributed by atoms with E-state index in [0.29, 0.717) is 0 Å². The molecule has 0 aromatic rings. The van der Waals surface area contributed by atoms with Gasteiger partial charge in [0.2, 0.25) is 0 Å². The van der Waals surface area contributed by atoms with E-state index < -0.39 is 0 Å². The number of nitrogens with zero attached hydrogens (tertiary/aromatic N) is 3. The van der Waals surface area contributed by atoms with Gasteiger partial charge in [0, 0.05) is 39.3 Å². The van der Waals surface area contributed by atoms with E-state index in [1.165, 1.54) is 58.5 Å². The fourth-order valence-corrected chi connectivity index (χ4v) is 2.73. The third kappa shape index (κ3) is 5.49. The van der Waals surface area contributed by atoms with Gasteiger partial charge in [-0.1, -0.05) is 20.8 Å². The molecule has 2 aliphatic rings. The predicted molar refractivity (Wildman–Crippen MR) is 80.6 cm³/mol. The van der Waals surface area contributed by atoms with Gasteiger partial charge in [-0.3, -0.25) is 4.99 Å². The molecule has 106 valence electrons. The molecule has 0 radical (unpaired) electrons. The van der Waals surface area contributed by atoms with Crippen molar-refractivity contribution in [2.45, 2.75) is 40.0 Å². The van der Waals surface area contributed by atoms with Crippen LogP contribution in [0.1, 0.15) is 40.0 Å². The second kappa shape index (κ2) is 9.51. The molecule has 0 saturated carbocycles. The van der Waals surface area contributed by atoms with E-state index in [0.717, 1.165) is 12.5 Å². The molecular weight excluding hydrogens is 222 g/mol. The van der Waals surface area contributed by atoms with Crippen LogP contribution >= 0.6 is 0 Å². The van der Waals surface area contributed by atoms with Crippen LogP contribution in [0.25, 0.3) is 0 Å². The minimum absolute atomic E-state index is 0.871. The Labute approximate surface area is 113 Å². The Bertz CT molecular complexity index is 220. The summed E-state index contributed by atoms with van der Waals surface area (Å²) in [5.41, 5.74) is 0. The van der Waals surface area contributed by atoms with Crippen molar-refractivity contribution in [3.05, 3.63) is 0 Å². The minimum atomic E-state index is 0.871. The monoisotopic (exact) mass is 253 g/mol. The van der Waals surface area contributed by atoms with E-state index in [1.807, 2.05) is 13.8 Å². The van der Waals surface area contributed by atoms with Crippen molar-refractivity contribution in [1.29, 1.82) is 0 Å². The standard InChI is InChI=1S/C13H25N3.C2H6/c1-2-7-15-8-10-16(11-9-15)12-13-3-5-14-6-4-13;1-2/h5,13H,2-4,6-12H2,1H3;1-2H3. The largest absolute Gasteiger partial charge is 0.301 e. The zero-order valence-electron chi connectivity index (χ0n) is 12.6. The Hall–Kier alpha value is -0.410. The lowest BCUT2D eigenvalue weighted by Gasteiger charge is -2.36. The van der Waals surface area contributed by atoms with Crippen LogP contribution in [0.3, 0.4) is 0 Å². The van der Waals surface area contributed by atoms with Gasteiger partial charge in [0.15, 0.2) is 0 Å². The first-order valence-corrected chi connectivity index (χ1v) is 7.81. The average Bonchev–Trinajstić information content (AvgIpc) is 2.45. The van der Waals surface area contributed by atoms with Crippen LogP contribution in [0.4, 0.5) is 0 Å². The van der Waals surface area contributed by atoms with Crippen LogP contribution in [0.15, 0.2) is 4.99 Å². The van der Waals surface area contributed by atoms with Crippen molar-refractivity contribution in [1.82, 2.24) is 9.80 Å². The van der Waals surface area contributed by atoms with Crippen molar-refractivity contribution in [3.8, 4) is 0 Å². The van der Waals surface area contributed by atoms with E-state index in [1.54, 1.807) is 0 Å². The highest BCUT2D eigenvalue weighted by molar-refractivity contribution is 5.58. The molecule has 0 amide bonds. The van der Waals surface area contributed by atoms with Gasteiger partial charge >= 0.3 is 0 Å². The molecule has 3 heteroatoms. The highest BCUT2D eigenvalue weighted by Gasteiger charge is 2.19. The van der Waals surface area contributed by atoms with E-state index in [4.69, 9.17) is 0 Å². The number of aliphatic imine (C=N–C) groups is 1. The molecule has 1 saturated heterocycles. The van der Waals surface area contributed by atoms with Gasteiger partial charge in [-0.15, -0.1) is 0 Å². The Morgan fingerprint density at radius 2 is 1.78 bits per heavy atom. The highest BCUT2D eigenvalue weighted by Crippen LogP contribution is 2.14. The summed E-state index contributed by atoms with van der Waals surface area (Å²) < 4.78 is 0. The Morgan fingerprint density at radius 1 is 1.11 bits per heavy atom. The molecule has 2 aliphatic heterocycles. The molecule has 1 unspecified atom stereocenters. The number of hydrogen-bond acceptors (Lipinski definition) is 3. The van der Waals surface area contributed by atoms with Crippen LogP contribution < -0.4 is 0 Å². The first-order valence-electron chi connectivity index (χ1n) is 7.81. The second-order valence-electron chi connectivity index (χ2n) is 5.12. The van der Waals surface area contributed by atoms with E-state index >= 15 is 0 Å². The number of rotatable bonds is 4. The Morgan fingerprint density at radius 3 is 2.33 bits per heavy atom. The highest BCUT2D eigenvalue weighted by atomic mass is 15.3. The fraction of sp³-hybridized carbons (Fsp3) is 0.933. The van der Waals surface area contributed by atoms with E-state index in [2.05, 4.69) is 27.9 Å². The van der Waals surface area contributed by atoms with Crippen molar-refractivity contribution in [2.24, 2.45) is 10.9 Å². The number of hydrogen-bond donors (Lipinski definition) is 0. The topological polar surface area (TPSA) is 18.8 Å². The quantitative estimate of drug-likeness (QED) is 0.766. The molecule has 0 aromatic heterocycles. The van der Waals surface area contributed by atoms with Crippen molar-refractivity contribution in [3.63, 3.8) is 0 Å². The van der Waals surface area contributed by atoms with Crippen LogP contribution in [0.5, 0.6) is 0 Å². The number of piperazine rings is 1. The van der Waals surface area contributed by atoms with E-state index in [-0.39, 0.29) is 0 Å². The first kappa shape index (κ1) is 15.6. The van der Waals surface area contributed by atoms with E-state index in [9.17, 15) is 0 Å². The second-order valence-corrected chi connectivity index (χ2v) is 5.12. The maximum Gasteiger partial charge on any atom is 0.0388 e. The van der Waals surface area contributed by atoms with Gasteiger partial charge in [-0.2, -0.15) is 0 Å². The molecule has 0 bridgehead atoms. The molecule has 1 atom stereocenters. The zero-order chi connectivity index (χ0) is 13.2. The first-order chi connectivity index (χ1) is 8.88. The molecule has 0 aromatic carbocycles. The molecule has 0 spiro atoms. The van der Waals surface area contributed by atoms with Gasteiger partial charge in [0.1, 0.15) is 0 Å². The Kier molecular flexibility index (Phi) is 8.27. The molecule has 1 fully saturated rings. The maximum absolute atomic E-state index is 4.31. The van der Waals surface area contributed by atoms with Gasteiger partial charge < -0.3 is 9.80 Å². The SMILES string of the molecule is CC.CCCN1CCN(CC2CC=NCC2)CC1. The van der Waals surface area contributed by atoms with Crippen LogP contribution in [-0.4, -0.2) is 61.8 Å². The van der Waals surface area contributed by atoms with Crippen LogP contribution in [0, 0.1) is 5.92 Å². The minimum Gasteiger partial charge on any atom is -0.301 e. The summed E-state index contributed by atoms with van der Waals surface area (Å²) >= 11 is 0. The van der Waals surface area contributed by atoms with Gasteiger partial charge in [0.25, 0.3) is 0 Å². The van der Waals surface area contributed by atoms with Gasteiger partial charge in [-0.25, -0.2) is 0 Å². The average molecular weight is 253 g/mol. The third-order valence-electron chi connectivity index (χ3n) is 3.76. The summed E-state index contributed by atoms with van der Waals surface area (Å²) in [7, 11) is 0. The third-order valence-corrected chi connectivity index (χ3v) is 3.76. The normalized spacial score (nSPS) is 25.6. The van der Waals surface area contributed by atoms with Crippen molar-refractivity contribution >= 4 is 6.21 Å². The molecule has 2 heterocycles. The molecule has 0 aliphatic carbocycles. The molecule has 3 nitrogen and oxygen atoms in total. The lowest BCUT2D eigenvalue weighted by molar-refractivity contribution is 0.117. The lowest BCUT2D eigenvalue weighted by Crippen LogP contribution is -2.48. The summed E-state index contributed by atoms with van der Waals surface area (Å²) in [6.07, 6.45) is 5.92. The Balaban J connectivity index is 0.000000771. The summed E-state index contributed by atoms with van der Waals surface area (Å²) in [5.74, 6) is 0.871. The summed E-state index contributed by atoms with van der Waals surface area (Å²) in [6.45, 7) is 15.0. The maximum atomic E-state index is 4.31.